The summed E-state index contributed by atoms with van der Waals surface area (Å²) in [5, 5.41) is 11.4. The number of hydrogen-bond acceptors (Lipinski definition) is 3. The van der Waals surface area contributed by atoms with E-state index >= 15 is 0 Å². The normalized spacial score (nSPS) is 20.9. The Labute approximate surface area is 78.6 Å². The van der Waals surface area contributed by atoms with Crippen LogP contribution in [0.4, 0.5) is 5.82 Å². The van der Waals surface area contributed by atoms with Crippen molar-refractivity contribution in [2.45, 2.75) is 32.1 Å². The fraction of sp³-hybridized carbons (Fsp3) is 0.600. The van der Waals surface area contributed by atoms with E-state index in [1.807, 2.05) is 7.05 Å². The molecule has 0 aliphatic heterocycles. The molecular formula is C10H15N3. The highest BCUT2D eigenvalue weighted by Crippen LogP contribution is 2.29. The third kappa shape index (κ3) is 1.50. The third-order valence-corrected chi connectivity index (χ3v) is 2.71. The monoisotopic (exact) mass is 177 g/mol. The zero-order chi connectivity index (χ0) is 9.26. The second-order valence-corrected chi connectivity index (χ2v) is 3.68. The Bertz CT molecular complexity index is 309. The average Bonchev–Trinajstić information content (AvgIpc) is 2.18. The second-order valence-electron chi connectivity index (χ2n) is 3.68. The fourth-order valence-electron chi connectivity index (χ4n) is 1.91. The van der Waals surface area contributed by atoms with Crippen molar-refractivity contribution in [3.8, 4) is 0 Å². The maximum atomic E-state index is 4.26. The Hall–Kier alpha value is -1.12. The predicted molar refractivity (Wildman–Crippen MR) is 52.9 cm³/mol. The zero-order valence-corrected chi connectivity index (χ0v) is 8.17. The molecule has 2 rings (SSSR count). The molecule has 3 heteroatoms. The van der Waals surface area contributed by atoms with Crippen LogP contribution in [0.1, 0.15) is 36.9 Å². The highest BCUT2D eigenvalue weighted by molar-refractivity contribution is 5.39. The van der Waals surface area contributed by atoms with Gasteiger partial charge in [-0.15, -0.1) is 5.10 Å². The summed E-state index contributed by atoms with van der Waals surface area (Å²) in [6, 6.07) is 2.12. The first-order valence-corrected chi connectivity index (χ1v) is 4.85. The van der Waals surface area contributed by atoms with E-state index in [4.69, 9.17) is 0 Å². The highest BCUT2D eigenvalue weighted by Gasteiger charge is 2.18. The lowest BCUT2D eigenvalue weighted by atomic mass is 9.88. The van der Waals surface area contributed by atoms with Gasteiger partial charge in [-0.25, -0.2) is 0 Å². The van der Waals surface area contributed by atoms with Crippen LogP contribution in [0.5, 0.6) is 0 Å². The van der Waals surface area contributed by atoms with Crippen LogP contribution in [0, 0.1) is 0 Å². The number of rotatable bonds is 1. The molecule has 0 saturated carbocycles. The molecule has 1 aliphatic carbocycles. The van der Waals surface area contributed by atoms with Gasteiger partial charge < -0.3 is 5.32 Å². The fourth-order valence-corrected chi connectivity index (χ4v) is 1.91. The number of fused-ring (bicyclic) bond motifs is 1. The van der Waals surface area contributed by atoms with E-state index < -0.39 is 0 Å². The number of hydrogen-bond donors (Lipinski definition) is 1. The van der Waals surface area contributed by atoms with Crippen LogP contribution in [-0.2, 0) is 6.42 Å². The Morgan fingerprint density at radius 3 is 3.08 bits per heavy atom. The molecular weight excluding hydrogens is 162 g/mol. The van der Waals surface area contributed by atoms with Gasteiger partial charge in [-0.05, 0) is 30.9 Å². The first kappa shape index (κ1) is 8.48. The lowest BCUT2D eigenvalue weighted by Crippen LogP contribution is -2.11. The Kier molecular flexibility index (Phi) is 2.17. The van der Waals surface area contributed by atoms with Crippen molar-refractivity contribution >= 4 is 5.82 Å². The van der Waals surface area contributed by atoms with Gasteiger partial charge in [0.1, 0.15) is 5.82 Å². The summed E-state index contributed by atoms with van der Waals surface area (Å²) in [7, 11) is 1.88. The summed E-state index contributed by atoms with van der Waals surface area (Å²) in [6.45, 7) is 2.23. The first-order chi connectivity index (χ1) is 6.31. The van der Waals surface area contributed by atoms with Gasteiger partial charge >= 0.3 is 0 Å². The molecule has 1 atom stereocenters. The van der Waals surface area contributed by atoms with Crippen LogP contribution in [0.15, 0.2) is 6.07 Å². The number of aryl methyl sites for hydroxylation is 1. The molecule has 1 unspecified atom stereocenters. The molecule has 13 heavy (non-hydrogen) atoms. The zero-order valence-electron chi connectivity index (χ0n) is 8.17. The van der Waals surface area contributed by atoms with Crippen LogP contribution >= 0.6 is 0 Å². The second kappa shape index (κ2) is 3.32. The predicted octanol–water partition coefficient (Wildman–Crippen LogP) is 1.96. The Morgan fingerprint density at radius 1 is 1.46 bits per heavy atom. The minimum absolute atomic E-state index is 0.585. The van der Waals surface area contributed by atoms with Crippen molar-refractivity contribution < 1.29 is 0 Å². The molecule has 3 nitrogen and oxygen atoms in total. The van der Waals surface area contributed by atoms with Crippen molar-refractivity contribution in [2.24, 2.45) is 0 Å². The minimum atomic E-state index is 0.585. The Balaban J connectivity index is 2.39. The number of nitrogens with one attached hydrogen (secondary N) is 1. The molecule has 1 aromatic rings. The first-order valence-electron chi connectivity index (χ1n) is 4.85. The van der Waals surface area contributed by atoms with Gasteiger partial charge in [0.2, 0.25) is 0 Å². The summed E-state index contributed by atoms with van der Waals surface area (Å²) in [5.74, 6) is 1.47. The smallest absolute Gasteiger partial charge is 0.148 e. The SMILES string of the molecule is CNc1cc2c(nn1)C(C)CCC2. The molecule has 1 aliphatic rings. The lowest BCUT2D eigenvalue weighted by molar-refractivity contribution is 0.564. The van der Waals surface area contributed by atoms with Gasteiger partial charge in [0.05, 0.1) is 5.69 Å². The number of aromatic nitrogens is 2. The van der Waals surface area contributed by atoms with E-state index in [0.29, 0.717) is 5.92 Å². The average molecular weight is 177 g/mol. The van der Waals surface area contributed by atoms with Gasteiger partial charge in [0.25, 0.3) is 0 Å². The molecule has 0 radical (unpaired) electrons. The molecule has 1 aromatic heterocycles. The van der Waals surface area contributed by atoms with Crippen LogP contribution in [0.25, 0.3) is 0 Å². The largest absolute Gasteiger partial charge is 0.372 e. The van der Waals surface area contributed by atoms with Gasteiger partial charge in [-0.3, -0.25) is 0 Å². The van der Waals surface area contributed by atoms with Gasteiger partial charge in [-0.2, -0.15) is 5.10 Å². The van der Waals surface area contributed by atoms with E-state index in [0.717, 1.165) is 12.2 Å². The van der Waals surface area contributed by atoms with Crippen molar-refractivity contribution in [2.75, 3.05) is 12.4 Å². The van der Waals surface area contributed by atoms with Crippen LogP contribution in [-0.4, -0.2) is 17.2 Å². The molecule has 70 valence electrons. The molecule has 0 bridgehead atoms. The standard InChI is InChI=1S/C10H15N3/c1-7-4-3-5-8-6-9(11-2)12-13-10(7)8/h6-7H,3-5H2,1-2H3,(H,11,12). The van der Waals surface area contributed by atoms with Crippen molar-refractivity contribution in [3.05, 3.63) is 17.3 Å². The van der Waals surface area contributed by atoms with Crippen molar-refractivity contribution in [1.29, 1.82) is 0 Å². The summed E-state index contributed by atoms with van der Waals surface area (Å²) < 4.78 is 0. The summed E-state index contributed by atoms with van der Waals surface area (Å²) in [5.41, 5.74) is 2.57. The van der Waals surface area contributed by atoms with Crippen LogP contribution in [0.3, 0.4) is 0 Å². The van der Waals surface area contributed by atoms with E-state index in [1.165, 1.54) is 24.1 Å². The van der Waals surface area contributed by atoms with Gasteiger partial charge in [-0.1, -0.05) is 6.92 Å². The van der Waals surface area contributed by atoms with E-state index in [1.54, 1.807) is 0 Å². The molecule has 0 aromatic carbocycles. The van der Waals surface area contributed by atoms with E-state index in [-0.39, 0.29) is 0 Å². The van der Waals surface area contributed by atoms with E-state index in [9.17, 15) is 0 Å². The molecule has 1 N–H and O–H groups in total. The lowest BCUT2D eigenvalue weighted by Gasteiger charge is -2.20. The third-order valence-electron chi connectivity index (χ3n) is 2.71. The van der Waals surface area contributed by atoms with Gasteiger partial charge in [0, 0.05) is 13.0 Å². The maximum Gasteiger partial charge on any atom is 0.148 e. The Morgan fingerprint density at radius 2 is 2.31 bits per heavy atom. The van der Waals surface area contributed by atoms with Crippen LogP contribution < -0.4 is 5.32 Å². The van der Waals surface area contributed by atoms with E-state index in [2.05, 4.69) is 28.5 Å². The molecule has 1 heterocycles. The number of anilines is 1. The van der Waals surface area contributed by atoms with Gasteiger partial charge in [0.15, 0.2) is 0 Å². The topological polar surface area (TPSA) is 37.8 Å². The molecule has 0 saturated heterocycles. The molecule has 0 fully saturated rings. The number of nitrogens with zero attached hydrogens (tertiary/aromatic N) is 2. The summed E-state index contributed by atoms with van der Waals surface area (Å²) in [4.78, 5) is 0. The molecule has 0 spiro atoms. The minimum Gasteiger partial charge on any atom is -0.372 e. The van der Waals surface area contributed by atoms with Crippen LogP contribution in [0.2, 0.25) is 0 Å². The maximum absolute atomic E-state index is 4.26. The summed E-state index contributed by atoms with van der Waals surface area (Å²) in [6.07, 6.45) is 3.69. The highest BCUT2D eigenvalue weighted by atomic mass is 15.2. The quantitative estimate of drug-likeness (QED) is 0.712. The van der Waals surface area contributed by atoms with Crippen molar-refractivity contribution in [1.82, 2.24) is 10.2 Å². The molecule has 0 amide bonds. The van der Waals surface area contributed by atoms with Crippen molar-refractivity contribution in [3.63, 3.8) is 0 Å². The summed E-state index contributed by atoms with van der Waals surface area (Å²) >= 11 is 0.